The zero-order valence-electron chi connectivity index (χ0n) is 7.47. The molecule has 0 amide bonds. The summed E-state index contributed by atoms with van der Waals surface area (Å²) in [5.41, 5.74) is 0. The van der Waals surface area contributed by atoms with Crippen molar-refractivity contribution in [3.05, 3.63) is 0 Å². The van der Waals surface area contributed by atoms with Gasteiger partial charge in [0, 0.05) is 6.42 Å². The largest absolute Gasteiger partial charge is 0.481 e. The Bertz CT molecular complexity index is 82.2. The third-order valence-electron chi connectivity index (χ3n) is 1.02. The second kappa shape index (κ2) is 12.6. The fourth-order valence-corrected chi connectivity index (χ4v) is 0.826. The molecule has 0 aliphatic heterocycles. The van der Waals surface area contributed by atoms with Gasteiger partial charge in [-0.05, 0) is 12.6 Å². The first-order valence-corrected chi connectivity index (χ1v) is 4.92. The lowest BCUT2D eigenvalue weighted by atomic mass is 10.4. The van der Waals surface area contributed by atoms with Crippen molar-refractivity contribution >= 4 is 15.2 Å². The number of hydrogen-bond donors (Lipinski definition) is 1. The number of carboxylic acids is 1. The van der Waals surface area contributed by atoms with E-state index in [0.717, 1.165) is 6.42 Å². The van der Waals surface area contributed by atoms with Crippen molar-refractivity contribution in [1.82, 2.24) is 0 Å². The lowest BCUT2D eigenvalue weighted by Gasteiger charge is -1.79. The van der Waals surface area contributed by atoms with E-state index in [0.29, 0.717) is 6.42 Å². The first kappa shape index (κ1) is 13.5. The van der Waals surface area contributed by atoms with Crippen LogP contribution in [0.4, 0.5) is 0 Å². The molecule has 3 heteroatoms. The van der Waals surface area contributed by atoms with Crippen molar-refractivity contribution in [2.45, 2.75) is 39.5 Å². The summed E-state index contributed by atoms with van der Waals surface area (Å²) >= 11 is 0. The van der Waals surface area contributed by atoms with Crippen LogP contribution in [0.25, 0.3) is 0 Å². The van der Waals surface area contributed by atoms with Gasteiger partial charge in [-0.2, -0.15) is 0 Å². The molecule has 0 saturated heterocycles. The Labute approximate surface area is 71.6 Å². The summed E-state index contributed by atoms with van der Waals surface area (Å²) in [4.78, 5) is 9.60. The van der Waals surface area contributed by atoms with Gasteiger partial charge in [-0.25, -0.2) is 0 Å². The Morgan fingerprint density at radius 3 is 1.91 bits per heavy atom. The Balaban J connectivity index is 0. The summed E-state index contributed by atoms with van der Waals surface area (Å²) in [5.74, 6) is -0.711. The summed E-state index contributed by atoms with van der Waals surface area (Å²) in [7, 11) is 2.70. The summed E-state index contributed by atoms with van der Waals surface area (Å²) in [6, 6.07) is 0. The number of aliphatic carboxylic acids is 1. The van der Waals surface area contributed by atoms with E-state index in [2.05, 4.69) is 16.2 Å². The standard InChI is InChI=1S/C4H8O2.C4H11P/c1-2-3-4(5)6;1-2-3-4-5/h2-3H2,1H3,(H,5,6);2-5H2,1H3. The molecule has 2 nitrogen and oxygen atoms in total. The molecule has 0 fully saturated rings. The minimum Gasteiger partial charge on any atom is -0.481 e. The normalized spacial score (nSPS) is 8.27. The van der Waals surface area contributed by atoms with Crippen molar-refractivity contribution in [1.29, 1.82) is 0 Å². The maximum Gasteiger partial charge on any atom is 0.303 e. The fourth-order valence-electron chi connectivity index (χ4n) is 0.418. The number of carbonyl (C=O) groups is 1. The molecule has 1 N–H and O–H groups in total. The van der Waals surface area contributed by atoms with Gasteiger partial charge in [0.1, 0.15) is 0 Å². The van der Waals surface area contributed by atoms with Crippen LogP contribution in [0.2, 0.25) is 0 Å². The third kappa shape index (κ3) is 25.7. The van der Waals surface area contributed by atoms with E-state index in [4.69, 9.17) is 5.11 Å². The second-order valence-electron chi connectivity index (χ2n) is 2.29. The number of unbranched alkanes of at least 4 members (excludes halogenated alkanes) is 1. The predicted molar refractivity (Wildman–Crippen MR) is 52.0 cm³/mol. The molecule has 0 heterocycles. The molecule has 0 spiro atoms. The average molecular weight is 178 g/mol. The van der Waals surface area contributed by atoms with Crippen LogP contribution in [0.15, 0.2) is 0 Å². The third-order valence-corrected chi connectivity index (χ3v) is 1.43. The molecule has 11 heavy (non-hydrogen) atoms. The van der Waals surface area contributed by atoms with Crippen LogP contribution >= 0.6 is 9.24 Å². The average Bonchev–Trinajstić information content (AvgIpc) is 1.90. The number of rotatable bonds is 4. The van der Waals surface area contributed by atoms with Gasteiger partial charge < -0.3 is 5.11 Å². The van der Waals surface area contributed by atoms with Gasteiger partial charge in [0.2, 0.25) is 0 Å². The molecular formula is C8H19O2P. The predicted octanol–water partition coefficient (Wildman–Crippen LogP) is 2.53. The van der Waals surface area contributed by atoms with Gasteiger partial charge in [-0.15, -0.1) is 9.24 Å². The summed E-state index contributed by atoms with van der Waals surface area (Å²) in [6.07, 6.45) is 4.96. The van der Waals surface area contributed by atoms with Gasteiger partial charge in [0.15, 0.2) is 0 Å². The highest BCUT2D eigenvalue weighted by molar-refractivity contribution is 7.16. The van der Waals surface area contributed by atoms with Crippen LogP contribution in [0.1, 0.15) is 39.5 Å². The molecule has 1 atom stereocenters. The van der Waals surface area contributed by atoms with Gasteiger partial charge in [0.05, 0.1) is 0 Å². The van der Waals surface area contributed by atoms with Crippen molar-refractivity contribution in [3.8, 4) is 0 Å². The van der Waals surface area contributed by atoms with Gasteiger partial charge >= 0.3 is 5.97 Å². The lowest BCUT2D eigenvalue weighted by Crippen LogP contribution is -1.90. The first-order chi connectivity index (χ1) is 5.18. The van der Waals surface area contributed by atoms with Crippen LogP contribution in [0.3, 0.4) is 0 Å². The summed E-state index contributed by atoms with van der Waals surface area (Å²) in [5, 5.41) is 7.91. The molecule has 0 radical (unpaired) electrons. The smallest absolute Gasteiger partial charge is 0.303 e. The summed E-state index contributed by atoms with van der Waals surface area (Å²) in [6.45, 7) is 4.04. The lowest BCUT2D eigenvalue weighted by molar-refractivity contribution is -0.137. The first-order valence-electron chi connectivity index (χ1n) is 4.10. The van der Waals surface area contributed by atoms with E-state index in [1.54, 1.807) is 0 Å². The van der Waals surface area contributed by atoms with Crippen LogP contribution < -0.4 is 0 Å². The van der Waals surface area contributed by atoms with Gasteiger partial charge in [0.25, 0.3) is 0 Å². The molecule has 0 bridgehead atoms. The van der Waals surface area contributed by atoms with Crippen LogP contribution in [0.5, 0.6) is 0 Å². The summed E-state index contributed by atoms with van der Waals surface area (Å²) < 4.78 is 0. The van der Waals surface area contributed by atoms with E-state index in [1.165, 1.54) is 19.0 Å². The van der Waals surface area contributed by atoms with Crippen molar-refractivity contribution < 1.29 is 9.90 Å². The second-order valence-corrected chi connectivity index (χ2v) is 2.86. The molecule has 0 saturated carbocycles. The minimum atomic E-state index is -0.711. The van der Waals surface area contributed by atoms with E-state index < -0.39 is 5.97 Å². The quantitative estimate of drug-likeness (QED) is 0.671. The van der Waals surface area contributed by atoms with Crippen molar-refractivity contribution in [3.63, 3.8) is 0 Å². The highest BCUT2D eigenvalue weighted by atomic mass is 31.0. The zero-order valence-corrected chi connectivity index (χ0v) is 8.62. The van der Waals surface area contributed by atoms with Gasteiger partial charge in [-0.1, -0.05) is 26.7 Å². The monoisotopic (exact) mass is 178 g/mol. The zero-order chi connectivity index (χ0) is 9.11. The molecule has 1 unspecified atom stereocenters. The molecule has 0 aliphatic rings. The number of carboxylic acid groups (broad SMARTS) is 1. The number of hydrogen-bond acceptors (Lipinski definition) is 1. The van der Waals surface area contributed by atoms with E-state index in [9.17, 15) is 4.79 Å². The molecule has 0 aromatic heterocycles. The Morgan fingerprint density at radius 1 is 1.36 bits per heavy atom. The molecule has 0 aliphatic carbocycles. The van der Waals surface area contributed by atoms with Crippen LogP contribution in [-0.4, -0.2) is 17.2 Å². The topological polar surface area (TPSA) is 37.3 Å². The maximum atomic E-state index is 9.60. The SMILES string of the molecule is CCCC(=O)O.CCCCP. The molecule has 68 valence electrons. The van der Waals surface area contributed by atoms with E-state index in [1.807, 2.05) is 6.92 Å². The van der Waals surface area contributed by atoms with Crippen LogP contribution in [-0.2, 0) is 4.79 Å². The molecule has 0 aromatic rings. The van der Waals surface area contributed by atoms with Crippen molar-refractivity contribution in [2.24, 2.45) is 0 Å². The Hall–Kier alpha value is -0.100. The molecule has 0 rings (SSSR count). The van der Waals surface area contributed by atoms with Crippen molar-refractivity contribution in [2.75, 3.05) is 6.16 Å². The Morgan fingerprint density at radius 2 is 1.91 bits per heavy atom. The van der Waals surface area contributed by atoms with Crippen LogP contribution in [0, 0.1) is 0 Å². The minimum absolute atomic E-state index is 0.292. The van der Waals surface area contributed by atoms with E-state index >= 15 is 0 Å². The molecular weight excluding hydrogens is 159 g/mol. The molecule has 0 aromatic carbocycles. The fraction of sp³-hybridized carbons (Fsp3) is 0.875. The highest BCUT2D eigenvalue weighted by Gasteiger charge is 1.87. The maximum absolute atomic E-state index is 9.60. The van der Waals surface area contributed by atoms with Gasteiger partial charge in [-0.3, -0.25) is 4.79 Å². The highest BCUT2D eigenvalue weighted by Crippen LogP contribution is 1.89. The Kier molecular flexibility index (Phi) is 15.4. The van der Waals surface area contributed by atoms with E-state index in [-0.39, 0.29) is 0 Å².